The number of hydrogen-bond acceptors (Lipinski definition) is 3. The Bertz CT molecular complexity index is 585. The number of carbonyl (C=O) groups is 1. The zero-order chi connectivity index (χ0) is 14.0. The molecule has 0 saturated heterocycles. The lowest BCUT2D eigenvalue weighted by molar-refractivity contribution is 0.0683. The second-order valence-corrected chi connectivity index (χ2v) is 4.98. The largest absolute Gasteiger partial charge is 0.475 e. The molecule has 0 radical (unpaired) electrons. The summed E-state index contributed by atoms with van der Waals surface area (Å²) in [5.74, 6) is -0.116. The second-order valence-electron chi connectivity index (χ2n) is 4.98. The van der Waals surface area contributed by atoms with Crippen LogP contribution in [0.4, 0.5) is 0 Å². The molecule has 1 aromatic heterocycles. The van der Waals surface area contributed by atoms with E-state index in [1.807, 2.05) is 24.3 Å². The first-order chi connectivity index (χ1) is 8.97. The lowest BCUT2D eigenvalue weighted by Gasteiger charge is -2.06. The Morgan fingerprint density at radius 3 is 2.42 bits per heavy atom. The minimum Gasteiger partial charge on any atom is -0.475 e. The van der Waals surface area contributed by atoms with Gasteiger partial charge in [0.05, 0.1) is 0 Å². The summed E-state index contributed by atoms with van der Waals surface area (Å²) in [7, 11) is 1.69. The molecule has 0 saturated carbocycles. The highest BCUT2D eigenvalue weighted by molar-refractivity contribution is 5.83. The standard InChI is InChI=1S/C14H17N3O2/c1-9(2)8-10-4-6-11(7-5-10)13-15-12(14(18)19)16-17(13)3/h4-7,9H,8H2,1-3H3,(H,18,19). The van der Waals surface area contributed by atoms with Gasteiger partial charge in [0.15, 0.2) is 5.82 Å². The Labute approximate surface area is 111 Å². The molecule has 19 heavy (non-hydrogen) atoms. The summed E-state index contributed by atoms with van der Waals surface area (Å²) in [6.07, 6.45) is 1.03. The second kappa shape index (κ2) is 5.22. The Kier molecular flexibility index (Phi) is 3.64. The molecule has 0 aliphatic rings. The van der Waals surface area contributed by atoms with E-state index in [0.717, 1.165) is 12.0 Å². The van der Waals surface area contributed by atoms with Crippen LogP contribution in [0.15, 0.2) is 24.3 Å². The summed E-state index contributed by atoms with van der Waals surface area (Å²) in [6, 6.07) is 8.00. The van der Waals surface area contributed by atoms with Crippen LogP contribution in [0.25, 0.3) is 11.4 Å². The highest BCUT2D eigenvalue weighted by atomic mass is 16.4. The SMILES string of the molecule is CC(C)Cc1ccc(-c2nc(C(=O)O)nn2C)cc1. The predicted molar refractivity (Wildman–Crippen MR) is 71.9 cm³/mol. The van der Waals surface area contributed by atoms with E-state index in [1.54, 1.807) is 7.05 Å². The van der Waals surface area contributed by atoms with Crippen LogP contribution >= 0.6 is 0 Å². The van der Waals surface area contributed by atoms with Gasteiger partial charge in [-0.2, -0.15) is 0 Å². The molecular formula is C14H17N3O2. The first-order valence-corrected chi connectivity index (χ1v) is 6.21. The van der Waals surface area contributed by atoms with Gasteiger partial charge in [-0.15, -0.1) is 5.10 Å². The summed E-state index contributed by atoms with van der Waals surface area (Å²) >= 11 is 0. The molecule has 100 valence electrons. The van der Waals surface area contributed by atoms with Crippen LogP contribution in [0.2, 0.25) is 0 Å². The first-order valence-electron chi connectivity index (χ1n) is 6.21. The van der Waals surface area contributed by atoms with Crippen LogP contribution in [0.5, 0.6) is 0 Å². The number of carboxylic acid groups (broad SMARTS) is 1. The van der Waals surface area contributed by atoms with E-state index in [2.05, 4.69) is 23.9 Å². The molecule has 0 amide bonds. The van der Waals surface area contributed by atoms with Crippen molar-refractivity contribution >= 4 is 5.97 Å². The molecule has 5 heteroatoms. The van der Waals surface area contributed by atoms with E-state index >= 15 is 0 Å². The average molecular weight is 259 g/mol. The molecule has 0 bridgehead atoms. The zero-order valence-corrected chi connectivity index (χ0v) is 11.3. The molecule has 0 aliphatic carbocycles. The fourth-order valence-corrected chi connectivity index (χ4v) is 1.99. The summed E-state index contributed by atoms with van der Waals surface area (Å²) in [5, 5.41) is 12.7. The van der Waals surface area contributed by atoms with Gasteiger partial charge >= 0.3 is 5.97 Å². The van der Waals surface area contributed by atoms with Crippen LogP contribution in [0.1, 0.15) is 30.0 Å². The lowest BCUT2D eigenvalue weighted by Crippen LogP contribution is -2.00. The summed E-state index contributed by atoms with van der Waals surface area (Å²) in [6.45, 7) is 4.35. The lowest BCUT2D eigenvalue weighted by atomic mass is 10.0. The Morgan fingerprint density at radius 2 is 1.95 bits per heavy atom. The maximum Gasteiger partial charge on any atom is 0.375 e. The van der Waals surface area contributed by atoms with Crippen molar-refractivity contribution in [1.29, 1.82) is 0 Å². The van der Waals surface area contributed by atoms with Crippen molar-refractivity contribution in [2.24, 2.45) is 13.0 Å². The number of rotatable bonds is 4. The van der Waals surface area contributed by atoms with E-state index in [4.69, 9.17) is 5.11 Å². The fraction of sp³-hybridized carbons (Fsp3) is 0.357. The quantitative estimate of drug-likeness (QED) is 0.915. The van der Waals surface area contributed by atoms with Crippen molar-refractivity contribution < 1.29 is 9.90 Å². The van der Waals surface area contributed by atoms with Crippen LogP contribution in [0, 0.1) is 5.92 Å². The van der Waals surface area contributed by atoms with E-state index in [1.165, 1.54) is 10.2 Å². The van der Waals surface area contributed by atoms with Crippen molar-refractivity contribution in [1.82, 2.24) is 14.8 Å². The Balaban J connectivity index is 2.29. The average Bonchev–Trinajstić information content (AvgIpc) is 2.72. The molecule has 1 heterocycles. The molecule has 5 nitrogen and oxygen atoms in total. The molecule has 0 spiro atoms. The molecule has 0 aliphatic heterocycles. The van der Waals surface area contributed by atoms with E-state index in [9.17, 15) is 4.79 Å². The van der Waals surface area contributed by atoms with E-state index in [-0.39, 0.29) is 5.82 Å². The van der Waals surface area contributed by atoms with Gasteiger partial charge in [0.25, 0.3) is 5.82 Å². The van der Waals surface area contributed by atoms with Crippen molar-refractivity contribution in [3.05, 3.63) is 35.7 Å². The first kappa shape index (κ1) is 13.3. The van der Waals surface area contributed by atoms with Gasteiger partial charge in [-0.3, -0.25) is 0 Å². The van der Waals surface area contributed by atoms with Crippen molar-refractivity contribution in [2.45, 2.75) is 20.3 Å². The highest BCUT2D eigenvalue weighted by Crippen LogP contribution is 2.18. The Hall–Kier alpha value is -2.17. The topological polar surface area (TPSA) is 68.0 Å². The number of aromatic nitrogens is 3. The third kappa shape index (κ3) is 2.99. The third-order valence-electron chi connectivity index (χ3n) is 2.81. The van der Waals surface area contributed by atoms with E-state index < -0.39 is 5.97 Å². The molecule has 0 atom stereocenters. The normalized spacial score (nSPS) is 10.9. The number of benzene rings is 1. The summed E-state index contributed by atoms with van der Waals surface area (Å²) < 4.78 is 1.49. The number of nitrogens with zero attached hydrogens (tertiary/aromatic N) is 3. The van der Waals surface area contributed by atoms with E-state index in [0.29, 0.717) is 11.7 Å². The summed E-state index contributed by atoms with van der Waals surface area (Å²) in [4.78, 5) is 14.9. The van der Waals surface area contributed by atoms with Crippen molar-refractivity contribution in [2.75, 3.05) is 0 Å². The molecule has 0 unspecified atom stereocenters. The van der Waals surface area contributed by atoms with Crippen LogP contribution in [-0.4, -0.2) is 25.8 Å². The van der Waals surface area contributed by atoms with Gasteiger partial charge in [0.2, 0.25) is 0 Å². The Morgan fingerprint density at radius 1 is 1.32 bits per heavy atom. The summed E-state index contributed by atoms with van der Waals surface area (Å²) in [5.41, 5.74) is 2.13. The predicted octanol–water partition coefficient (Wildman–Crippen LogP) is 2.38. The molecule has 2 rings (SSSR count). The van der Waals surface area contributed by atoms with Crippen LogP contribution in [-0.2, 0) is 13.5 Å². The molecule has 0 fully saturated rings. The molecule has 1 N–H and O–H groups in total. The van der Waals surface area contributed by atoms with Crippen molar-refractivity contribution in [3.63, 3.8) is 0 Å². The minimum atomic E-state index is -1.11. The number of carboxylic acids is 1. The van der Waals surface area contributed by atoms with Gasteiger partial charge in [0.1, 0.15) is 0 Å². The maximum atomic E-state index is 10.8. The van der Waals surface area contributed by atoms with Gasteiger partial charge in [-0.05, 0) is 17.9 Å². The number of aryl methyl sites for hydroxylation is 1. The minimum absolute atomic E-state index is 0.177. The van der Waals surface area contributed by atoms with Crippen LogP contribution < -0.4 is 0 Å². The fourth-order valence-electron chi connectivity index (χ4n) is 1.99. The maximum absolute atomic E-state index is 10.8. The number of aromatic carboxylic acids is 1. The van der Waals surface area contributed by atoms with Gasteiger partial charge in [0, 0.05) is 12.6 Å². The van der Waals surface area contributed by atoms with Crippen molar-refractivity contribution in [3.8, 4) is 11.4 Å². The molecule has 2 aromatic rings. The molecular weight excluding hydrogens is 242 g/mol. The third-order valence-corrected chi connectivity index (χ3v) is 2.81. The highest BCUT2D eigenvalue weighted by Gasteiger charge is 2.14. The molecule has 1 aromatic carbocycles. The van der Waals surface area contributed by atoms with Crippen LogP contribution in [0.3, 0.4) is 0 Å². The zero-order valence-electron chi connectivity index (χ0n) is 11.3. The smallest absolute Gasteiger partial charge is 0.375 e. The van der Waals surface area contributed by atoms with Gasteiger partial charge in [-0.1, -0.05) is 38.1 Å². The monoisotopic (exact) mass is 259 g/mol. The number of hydrogen-bond donors (Lipinski definition) is 1. The van der Waals surface area contributed by atoms with Gasteiger partial charge in [-0.25, -0.2) is 14.5 Å². The van der Waals surface area contributed by atoms with Gasteiger partial charge < -0.3 is 5.11 Å².